The molecule has 4 rings (SSSR count). The number of carbonyl (C=O) groups is 2. The van der Waals surface area contributed by atoms with E-state index in [9.17, 15) is 14.7 Å². The van der Waals surface area contributed by atoms with E-state index in [4.69, 9.17) is 5.73 Å². The molecule has 1 atom stereocenters. The second kappa shape index (κ2) is 8.76. The highest BCUT2D eigenvalue weighted by Gasteiger charge is 2.42. The van der Waals surface area contributed by atoms with Crippen LogP contribution in [0.4, 0.5) is 5.00 Å². The SMILES string of the molecule is CC(C)NC(=O)C1(O)CCCN(C2CCN(C(=O)c3c(N)sc4ccccc34)CC2)C1. The van der Waals surface area contributed by atoms with Crippen LogP contribution in [0, 0.1) is 0 Å². The van der Waals surface area contributed by atoms with Crippen LogP contribution in [0.2, 0.25) is 0 Å². The van der Waals surface area contributed by atoms with Crippen molar-refractivity contribution in [2.45, 2.75) is 57.2 Å². The van der Waals surface area contributed by atoms with E-state index in [1.54, 1.807) is 0 Å². The topological polar surface area (TPSA) is 98.9 Å². The van der Waals surface area contributed by atoms with Crippen LogP contribution in [0.15, 0.2) is 24.3 Å². The molecule has 3 heterocycles. The standard InChI is InChI=1S/C23H32N4O3S/c1-15(2)25-22(29)23(30)10-5-11-27(14-23)16-8-12-26(13-9-16)21(28)19-17-6-3-4-7-18(17)31-20(19)24/h3-4,6-7,15-16,30H,5,8-14,24H2,1-2H3,(H,25,29). The number of hydrogen-bond donors (Lipinski definition) is 3. The molecular formula is C23H32N4O3S. The van der Waals surface area contributed by atoms with E-state index in [1.165, 1.54) is 11.3 Å². The molecule has 2 aromatic rings. The van der Waals surface area contributed by atoms with Gasteiger partial charge in [0, 0.05) is 41.8 Å². The van der Waals surface area contributed by atoms with E-state index in [-0.39, 0.29) is 23.9 Å². The van der Waals surface area contributed by atoms with Crippen LogP contribution in [-0.2, 0) is 4.79 Å². The molecule has 1 unspecified atom stereocenters. The number of anilines is 1. The lowest BCUT2D eigenvalue weighted by atomic mass is 9.89. The summed E-state index contributed by atoms with van der Waals surface area (Å²) < 4.78 is 1.03. The predicted octanol–water partition coefficient (Wildman–Crippen LogP) is 2.44. The van der Waals surface area contributed by atoms with Crippen molar-refractivity contribution in [1.82, 2.24) is 15.1 Å². The van der Waals surface area contributed by atoms with Gasteiger partial charge in [0.2, 0.25) is 0 Å². The van der Waals surface area contributed by atoms with Crippen LogP contribution < -0.4 is 11.1 Å². The molecule has 2 aliphatic rings. The van der Waals surface area contributed by atoms with Gasteiger partial charge in [-0.2, -0.15) is 0 Å². The lowest BCUT2D eigenvalue weighted by Gasteiger charge is -2.44. The van der Waals surface area contributed by atoms with Gasteiger partial charge in [0.1, 0.15) is 0 Å². The van der Waals surface area contributed by atoms with Crippen molar-refractivity contribution in [2.24, 2.45) is 0 Å². The third kappa shape index (κ3) is 4.42. The van der Waals surface area contributed by atoms with Gasteiger partial charge in [0.05, 0.1) is 10.6 Å². The molecule has 4 N–H and O–H groups in total. The Morgan fingerprint density at radius 3 is 2.65 bits per heavy atom. The molecule has 31 heavy (non-hydrogen) atoms. The van der Waals surface area contributed by atoms with E-state index in [0.717, 1.165) is 35.9 Å². The summed E-state index contributed by atoms with van der Waals surface area (Å²) in [6, 6.07) is 8.11. The first-order valence-corrected chi connectivity index (χ1v) is 11.9. The summed E-state index contributed by atoms with van der Waals surface area (Å²) in [6.07, 6.45) is 2.94. The molecule has 1 aromatic heterocycles. The molecule has 1 aromatic carbocycles. The average molecular weight is 445 g/mol. The fourth-order valence-electron chi connectivity index (χ4n) is 4.84. The van der Waals surface area contributed by atoms with E-state index < -0.39 is 5.60 Å². The Hall–Kier alpha value is -2.16. The highest BCUT2D eigenvalue weighted by atomic mass is 32.1. The van der Waals surface area contributed by atoms with Crippen LogP contribution in [0.3, 0.4) is 0 Å². The lowest BCUT2D eigenvalue weighted by molar-refractivity contribution is -0.147. The summed E-state index contributed by atoms with van der Waals surface area (Å²) in [5.74, 6) is -0.278. The molecule has 0 saturated carbocycles. The normalized spacial score (nSPS) is 23.4. The molecule has 7 nitrogen and oxygen atoms in total. The van der Waals surface area contributed by atoms with Gasteiger partial charge >= 0.3 is 0 Å². The molecule has 168 valence electrons. The van der Waals surface area contributed by atoms with E-state index in [1.807, 2.05) is 43.0 Å². The maximum atomic E-state index is 13.2. The minimum absolute atomic E-state index is 0.000129. The van der Waals surface area contributed by atoms with Crippen molar-refractivity contribution in [1.29, 1.82) is 0 Å². The summed E-state index contributed by atoms with van der Waals surface area (Å²) in [5, 5.41) is 15.3. The number of hydrogen-bond acceptors (Lipinski definition) is 6. The van der Waals surface area contributed by atoms with E-state index in [0.29, 0.717) is 36.6 Å². The maximum absolute atomic E-state index is 13.2. The number of fused-ring (bicyclic) bond motifs is 1. The quantitative estimate of drug-likeness (QED) is 0.673. The van der Waals surface area contributed by atoms with Crippen molar-refractivity contribution in [3.63, 3.8) is 0 Å². The van der Waals surface area contributed by atoms with Crippen molar-refractivity contribution in [3.05, 3.63) is 29.8 Å². The van der Waals surface area contributed by atoms with Crippen LogP contribution >= 0.6 is 11.3 Å². The van der Waals surface area contributed by atoms with Crippen molar-refractivity contribution < 1.29 is 14.7 Å². The summed E-state index contributed by atoms with van der Waals surface area (Å²) in [4.78, 5) is 29.9. The van der Waals surface area contributed by atoms with Crippen molar-refractivity contribution in [3.8, 4) is 0 Å². The largest absolute Gasteiger partial charge is 0.390 e. The summed E-state index contributed by atoms with van der Waals surface area (Å²) in [7, 11) is 0. The molecular weight excluding hydrogens is 412 g/mol. The zero-order chi connectivity index (χ0) is 22.2. The molecule has 2 saturated heterocycles. The zero-order valence-corrected chi connectivity index (χ0v) is 19.1. The number of benzene rings is 1. The first-order valence-electron chi connectivity index (χ1n) is 11.1. The molecule has 0 radical (unpaired) electrons. The second-order valence-corrected chi connectivity index (χ2v) is 10.2. The molecule has 2 aliphatic heterocycles. The van der Waals surface area contributed by atoms with Crippen LogP contribution in [0.25, 0.3) is 10.1 Å². The molecule has 8 heteroatoms. The fraction of sp³-hybridized carbons (Fsp3) is 0.565. The van der Waals surface area contributed by atoms with Gasteiger partial charge in [0.15, 0.2) is 5.60 Å². The zero-order valence-electron chi connectivity index (χ0n) is 18.3. The number of nitrogens with two attached hydrogens (primary N) is 1. The Bertz CT molecular complexity index is 967. The first-order chi connectivity index (χ1) is 14.8. The number of nitrogen functional groups attached to an aromatic ring is 1. The number of nitrogens with one attached hydrogen (secondary N) is 1. The number of likely N-dealkylation sites (tertiary alicyclic amines) is 2. The number of nitrogens with zero attached hydrogens (tertiary/aromatic N) is 2. The highest BCUT2D eigenvalue weighted by molar-refractivity contribution is 7.23. The summed E-state index contributed by atoms with van der Waals surface area (Å²) in [6.45, 7) is 6.33. The molecule has 2 amide bonds. The minimum atomic E-state index is -1.33. The third-order valence-corrected chi connectivity index (χ3v) is 7.45. The number of piperidine rings is 2. The summed E-state index contributed by atoms with van der Waals surface area (Å²) >= 11 is 1.46. The maximum Gasteiger partial charge on any atom is 0.257 e. The fourth-order valence-corrected chi connectivity index (χ4v) is 5.80. The smallest absolute Gasteiger partial charge is 0.257 e. The Labute approximate surface area is 187 Å². The molecule has 0 spiro atoms. The number of rotatable bonds is 4. The first kappa shape index (κ1) is 22.0. The number of amides is 2. The number of carbonyl (C=O) groups excluding carboxylic acids is 2. The summed E-state index contributed by atoms with van der Waals surface area (Å²) in [5.41, 5.74) is 5.48. The average Bonchev–Trinajstić information content (AvgIpc) is 3.08. The Kier molecular flexibility index (Phi) is 6.23. The molecule has 2 fully saturated rings. The van der Waals surface area contributed by atoms with E-state index >= 15 is 0 Å². The molecule has 0 bridgehead atoms. The van der Waals surface area contributed by atoms with Gasteiger partial charge in [-0.3, -0.25) is 14.5 Å². The van der Waals surface area contributed by atoms with Gasteiger partial charge in [0.25, 0.3) is 11.8 Å². The predicted molar refractivity (Wildman–Crippen MR) is 124 cm³/mol. The van der Waals surface area contributed by atoms with Crippen LogP contribution in [0.5, 0.6) is 0 Å². The van der Waals surface area contributed by atoms with Gasteiger partial charge < -0.3 is 21.1 Å². The van der Waals surface area contributed by atoms with Gasteiger partial charge in [-0.15, -0.1) is 11.3 Å². The monoisotopic (exact) mass is 444 g/mol. The number of β-amino-alcohol motifs (C(OH)–C–C–N with tert-alkyl or cyclic N) is 1. The van der Waals surface area contributed by atoms with E-state index in [2.05, 4.69) is 10.2 Å². The highest BCUT2D eigenvalue weighted by Crippen LogP contribution is 2.35. The lowest BCUT2D eigenvalue weighted by Crippen LogP contribution is -2.60. The van der Waals surface area contributed by atoms with Crippen LogP contribution in [-0.4, -0.2) is 70.6 Å². The molecule has 0 aliphatic carbocycles. The van der Waals surface area contributed by atoms with Crippen molar-refractivity contribution in [2.75, 3.05) is 31.9 Å². The number of aliphatic hydroxyl groups is 1. The Morgan fingerprint density at radius 2 is 1.94 bits per heavy atom. The number of thiophene rings is 1. The third-order valence-electron chi connectivity index (χ3n) is 6.45. The van der Waals surface area contributed by atoms with Gasteiger partial charge in [-0.1, -0.05) is 18.2 Å². The van der Waals surface area contributed by atoms with Crippen LogP contribution in [0.1, 0.15) is 49.9 Å². The van der Waals surface area contributed by atoms with Gasteiger partial charge in [-0.25, -0.2) is 0 Å². The Morgan fingerprint density at radius 1 is 1.23 bits per heavy atom. The minimum Gasteiger partial charge on any atom is -0.390 e. The van der Waals surface area contributed by atoms with Crippen molar-refractivity contribution >= 4 is 38.2 Å². The Balaban J connectivity index is 1.40. The van der Waals surface area contributed by atoms with Gasteiger partial charge in [-0.05, 0) is 52.1 Å². The second-order valence-electron chi connectivity index (χ2n) is 9.09.